The molecule has 0 aromatic carbocycles. The third-order valence-electron chi connectivity index (χ3n) is 2.60. The van der Waals surface area contributed by atoms with Gasteiger partial charge in [0, 0.05) is 17.1 Å². The number of aliphatic hydroxyl groups excluding tert-OH is 1. The molecule has 2 aromatic rings. The Hall–Kier alpha value is -1.18. The normalized spacial score (nSPS) is 12.6. The molecular formula is C11H16N4OS2. The van der Waals surface area contributed by atoms with Crippen LogP contribution in [-0.2, 0) is 0 Å². The Morgan fingerprint density at radius 2 is 2.33 bits per heavy atom. The van der Waals surface area contributed by atoms with E-state index < -0.39 is 0 Å². The van der Waals surface area contributed by atoms with Gasteiger partial charge in [0.05, 0.1) is 12.2 Å². The van der Waals surface area contributed by atoms with E-state index in [0.29, 0.717) is 5.82 Å². The number of hydrogen-bond donors (Lipinski definition) is 3. The first-order valence-corrected chi connectivity index (χ1v) is 7.36. The van der Waals surface area contributed by atoms with Crippen molar-refractivity contribution in [2.24, 2.45) is 0 Å². The van der Waals surface area contributed by atoms with Crippen molar-refractivity contribution in [3.05, 3.63) is 11.1 Å². The van der Waals surface area contributed by atoms with Crippen LogP contribution in [0.2, 0.25) is 0 Å². The third-order valence-corrected chi connectivity index (χ3v) is 4.37. The Balaban J connectivity index is 2.32. The minimum Gasteiger partial charge on any atom is -0.394 e. The highest BCUT2D eigenvalue weighted by Gasteiger charge is 2.18. The molecule has 0 aliphatic carbocycles. The van der Waals surface area contributed by atoms with Gasteiger partial charge in [0.15, 0.2) is 0 Å². The largest absolute Gasteiger partial charge is 0.394 e. The molecule has 2 aromatic heterocycles. The molecule has 0 fully saturated rings. The first-order valence-electron chi connectivity index (χ1n) is 5.70. The smallest absolute Gasteiger partial charge is 0.149 e. The maximum atomic E-state index is 9.24. The zero-order valence-corrected chi connectivity index (χ0v) is 11.9. The summed E-state index contributed by atoms with van der Waals surface area (Å²) in [4.78, 5) is 4.44. The van der Waals surface area contributed by atoms with Gasteiger partial charge < -0.3 is 16.2 Å². The molecule has 0 radical (unpaired) electrons. The van der Waals surface area contributed by atoms with Crippen molar-refractivity contribution in [1.82, 2.24) is 9.36 Å². The number of hydrogen-bond acceptors (Lipinski definition) is 7. The van der Waals surface area contributed by atoms with Crippen LogP contribution >= 0.6 is 22.9 Å². The maximum Gasteiger partial charge on any atom is 0.149 e. The van der Waals surface area contributed by atoms with E-state index in [1.807, 2.05) is 19.2 Å². The molecule has 98 valence electrons. The van der Waals surface area contributed by atoms with E-state index in [2.05, 4.69) is 14.7 Å². The van der Waals surface area contributed by atoms with Crippen molar-refractivity contribution >= 4 is 33.7 Å². The fourth-order valence-corrected chi connectivity index (χ4v) is 3.25. The summed E-state index contributed by atoms with van der Waals surface area (Å²) in [5, 5.41) is 16.2. The van der Waals surface area contributed by atoms with Gasteiger partial charge in [-0.25, -0.2) is 4.98 Å². The average molecular weight is 284 g/mol. The fraction of sp³-hybridized carbons (Fsp3) is 0.455. The molecule has 4 N–H and O–H groups in total. The lowest BCUT2D eigenvalue weighted by atomic mass is 10.2. The quantitative estimate of drug-likeness (QED) is 0.785. The van der Waals surface area contributed by atoms with Gasteiger partial charge in [-0.15, -0.1) is 11.3 Å². The summed E-state index contributed by atoms with van der Waals surface area (Å²) in [5.74, 6) is 0.490. The Morgan fingerprint density at radius 3 is 2.89 bits per heavy atom. The Labute approximate surface area is 114 Å². The van der Waals surface area contributed by atoms with Gasteiger partial charge in [-0.2, -0.15) is 4.37 Å². The molecule has 5 nitrogen and oxygen atoms in total. The first kappa shape index (κ1) is 13.3. The molecule has 18 heavy (non-hydrogen) atoms. The Bertz CT molecular complexity index is 519. The van der Waals surface area contributed by atoms with Crippen molar-refractivity contribution in [3.8, 4) is 10.6 Å². The van der Waals surface area contributed by atoms with E-state index in [9.17, 15) is 5.11 Å². The number of nitrogen functional groups attached to an aromatic ring is 1. The minimum atomic E-state index is 0.0182. The van der Waals surface area contributed by atoms with Crippen molar-refractivity contribution < 1.29 is 5.11 Å². The Kier molecular flexibility index (Phi) is 4.15. The molecule has 0 saturated heterocycles. The van der Waals surface area contributed by atoms with Gasteiger partial charge in [0.1, 0.15) is 15.8 Å². The molecule has 0 aliphatic rings. The van der Waals surface area contributed by atoms with E-state index in [1.165, 1.54) is 11.5 Å². The zero-order chi connectivity index (χ0) is 13.1. The first-order chi connectivity index (χ1) is 8.65. The minimum absolute atomic E-state index is 0.0182. The molecule has 2 heterocycles. The number of thiazole rings is 1. The number of aliphatic hydroxyl groups is 1. The number of rotatable bonds is 5. The van der Waals surface area contributed by atoms with Crippen LogP contribution in [0.5, 0.6) is 0 Å². The predicted octanol–water partition coefficient (Wildman–Crippen LogP) is 2.34. The lowest BCUT2D eigenvalue weighted by Crippen LogP contribution is -2.22. The summed E-state index contributed by atoms with van der Waals surface area (Å²) in [6.07, 6.45) is 0.838. The second-order valence-corrected chi connectivity index (χ2v) is 5.63. The van der Waals surface area contributed by atoms with Crippen LogP contribution in [0.1, 0.15) is 19.0 Å². The second-order valence-electron chi connectivity index (χ2n) is 4.00. The summed E-state index contributed by atoms with van der Waals surface area (Å²) < 4.78 is 4.17. The van der Waals surface area contributed by atoms with Crippen LogP contribution < -0.4 is 11.1 Å². The Morgan fingerprint density at radius 1 is 1.56 bits per heavy atom. The van der Waals surface area contributed by atoms with Gasteiger partial charge >= 0.3 is 0 Å². The topological polar surface area (TPSA) is 84.1 Å². The third kappa shape index (κ3) is 2.63. The van der Waals surface area contributed by atoms with Gasteiger partial charge in [-0.1, -0.05) is 6.92 Å². The standard InChI is InChI=1S/C11H16N4OS2/c1-3-7(4-16)14-11-8(9(12)15-18-11)10-13-6(2)5-17-10/h5,7,14,16H,3-4H2,1-2H3,(H2,12,15). The molecule has 7 heteroatoms. The van der Waals surface area contributed by atoms with E-state index in [0.717, 1.165) is 27.7 Å². The summed E-state index contributed by atoms with van der Waals surface area (Å²) >= 11 is 2.86. The van der Waals surface area contributed by atoms with Crippen molar-refractivity contribution in [2.75, 3.05) is 17.7 Å². The van der Waals surface area contributed by atoms with Crippen LogP contribution in [0.4, 0.5) is 10.8 Å². The van der Waals surface area contributed by atoms with Crippen LogP contribution in [0.25, 0.3) is 10.6 Å². The number of anilines is 2. The monoisotopic (exact) mass is 284 g/mol. The molecule has 0 aliphatic heterocycles. The molecule has 1 atom stereocenters. The highest BCUT2D eigenvalue weighted by Crippen LogP contribution is 2.38. The molecule has 0 amide bonds. The number of nitrogens with one attached hydrogen (secondary N) is 1. The molecule has 2 rings (SSSR count). The van der Waals surface area contributed by atoms with E-state index in [4.69, 9.17) is 5.73 Å². The molecule has 1 unspecified atom stereocenters. The van der Waals surface area contributed by atoms with Crippen molar-refractivity contribution in [3.63, 3.8) is 0 Å². The summed E-state index contributed by atoms with van der Waals surface area (Å²) in [5.41, 5.74) is 7.73. The van der Waals surface area contributed by atoms with Crippen LogP contribution in [0, 0.1) is 6.92 Å². The number of aryl methyl sites for hydroxylation is 1. The van der Waals surface area contributed by atoms with Crippen LogP contribution in [-0.4, -0.2) is 27.1 Å². The highest BCUT2D eigenvalue weighted by atomic mass is 32.1. The summed E-state index contributed by atoms with van der Waals surface area (Å²) in [6, 6.07) is 0.0182. The van der Waals surface area contributed by atoms with Crippen molar-refractivity contribution in [1.29, 1.82) is 0 Å². The van der Waals surface area contributed by atoms with Crippen LogP contribution in [0.15, 0.2) is 5.38 Å². The number of nitrogens with zero attached hydrogens (tertiary/aromatic N) is 2. The van der Waals surface area contributed by atoms with E-state index in [-0.39, 0.29) is 12.6 Å². The van der Waals surface area contributed by atoms with Gasteiger partial charge in [0.25, 0.3) is 0 Å². The molecule has 0 saturated carbocycles. The van der Waals surface area contributed by atoms with Gasteiger partial charge in [0.2, 0.25) is 0 Å². The zero-order valence-electron chi connectivity index (χ0n) is 10.3. The maximum absolute atomic E-state index is 9.24. The summed E-state index contributed by atoms with van der Waals surface area (Å²) in [6.45, 7) is 4.06. The molecular weight excluding hydrogens is 268 g/mol. The fourth-order valence-electron chi connectivity index (χ4n) is 1.54. The predicted molar refractivity (Wildman–Crippen MR) is 77.2 cm³/mol. The van der Waals surface area contributed by atoms with Gasteiger partial charge in [-0.3, -0.25) is 0 Å². The number of aromatic nitrogens is 2. The lowest BCUT2D eigenvalue weighted by Gasteiger charge is -2.14. The highest BCUT2D eigenvalue weighted by molar-refractivity contribution is 7.15. The van der Waals surface area contributed by atoms with E-state index in [1.54, 1.807) is 11.3 Å². The summed E-state index contributed by atoms with van der Waals surface area (Å²) in [7, 11) is 0. The van der Waals surface area contributed by atoms with Crippen molar-refractivity contribution in [2.45, 2.75) is 26.3 Å². The molecule has 0 spiro atoms. The SMILES string of the molecule is CCC(CO)Nc1snc(N)c1-c1nc(C)cs1. The molecule has 0 bridgehead atoms. The van der Waals surface area contributed by atoms with Crippen LogP contribution in [0.3, 0.4) is 0 Å². The number of nitrogens with two attached hydrogens (primary N) is 1. The lowest BCUT2D eigenvalue weighted by molar-refractivity contribution is 0.272. The second kappa shape index (κ2) is 5.64. The average Bonchev–Trinajstić information content (AvgIpc) is 2.92. The van der Waals surface area contributed by atoms with E-state index >= 15 is 0 Å². The van der Waals surface area contributed by atoms with Gasteiger partial charge in [-0.05, 0) is 24.9 Å².